The molecule has 3 rings (SSSR count). The van der Waals surface area contributed by atoms with E-state index in [9.17, 15) is 4.39 Å². The van der Waals surface area contributed by atoms with Gasteiger partial charge in [0, 0.05) is 17.4 Å². The molecule has 0 aromatic heterocycles. The average molecular weight is 307 g/mol. The van der Waals surface area contributed by atoms with Gasteiger partial charge in [-0.1, -0.05) is 24.3 Å². The molecule has 0 saturated carbocycles. The van der Waals surface area contributed by atoms with Crippen LogP contribution in [0.5, 0.6) is 11.5 Å². The summed E-state index contributed by atoms with van der Waals surface area (Å²) in [5.74, 6) is 1.32. The molecule has 21 heavy (non-hydrogen) atoms. The van der Waals surface area contributed by atoms with Crippen molar-refractivity contribution >= 4 is 11.6 Å². The van der Waals surface area contributed by atoms with Crippen molar-refractivity contribution in [2.24, 2.45) is 0 Å². The van der Waals surface area contributed by atoms with Crippen LogP contribution in [0.1, 0.15) is 23.5 Å². The van der Waals surface area contributed by atoms with E-state index in [4.69, 9.17) is 21.1 Å². The highest BCUT2D eigenvalue weighted by atomic mass is 35.5. The first-order chi connectivity index (χ1) is 10.3. The number of rotatable bonds is 4. The summed E-state index contributed by atoms with van der Waals surface area (Å²) in [4.78, 5) is 0. The Morgan fingerprint density at radius 1 is 1.24 bits per heavy atom. The first-order valence-electron chi connectivity index (χ1n) is 6.97. The summed E-state index contributed by atoms with van der Waals surface area (Å²) >= 11 is 5.68. The Hall–Kier alpha value is -1.74. The number of hydrogen-bond acceptors (Lipinski definition) is 2. The van der Waals surface area contributed by atoms with Crippen molar-refractivity contribution in [2.45, 2.75) is 18.2 Å². The molecule has 1 aliphatic heterocycles. The Labute approximate surface area is 128 Å². The standard InChI is InChI=1S/C17H16ClFO2/c18-10-12-5-6-17(15(19)9-12)21-11-13-7-8-20-16-4-2-1-3-14(13)16/h1-6,9,13H,7-8,10-11H2. The smallest absolute Gasteiger partial charge is 0.165 e. The molecular formula is C17H16ClFO2. The van der Waals surface area contributed by atoms with Crippen LogP contribution < -0.4 is 9.47 Å². The van der Waals surface area contributed by atoms with Crippen LogP contribution in [-0.2, 0) is 5.88 Å². The van der Waals surface area contributed by atoms with Crippen LogP contribution in [0.15, 0.2) is 42.5 Å². The van der Waals surface area contributed by atoms with Gasteiger partial charge < -0.3 is 9.47 Å². The molecule has 0 radical (unpaired) electrons. The average Bonchev–Trinajstić information content (AvgIpc) is 2.53. The Morgan fingerprint density at radius 3 is 2.90 bits per heavy atom. The molecule has 0 amide bonds. The molecule has 110 valence electrons. The van der Waals surface area contributed by atoms with E-state index in [2.05, 4.69) is 0 Å². The number of halogens is 2. The van der Waals surface area contributed by atoms with Crippen molar-refractivity contribution in [1.82, 2.24) is 0 Å². The fraction of sp³-hybridized carbons (Fsp3) is 0.294. The van der Waals surface area contributed by atoms with E-state index in [1.54, 1.807) is 12.1 Å². The molecule has 0 fully saturated rings. The zero-order chi connectivity index (χ0) is 14.7. The summed E-state index contributed by atoms with van der Waals surface area (Å²) in [6.45, 7) is 1.11. The predicted octanol–water partition coefficient (Wildman–Crippen LogP) is 4.51. The van der Waals surface area contributed by atoms with Crippen molar-refractivity contribution in [3.63, 3.8) is 0 Å². The molecule has 0 aliphatic carbocycles. The highest BCUT2D eigenvalue weighted by molar-refractivity contribution is 6.17. The second-order valence-electron chi connectivity index (χ2n) is 5.08. The van der Waals surface area contributed by atoms with Gasteiger partial charge in [-0.05, 0) is 30.2 Å². The topological polar surface area (TPSA) is 18.5 Å². The lowest BCUT2D eigenvalue weighted by Gasteiger charge is -2.25. The minimum absolute atomic E-state index is 0.224. The van der Waals surface area contributed by atoms with E-state index in [0.717, 1.165) is 23.3 Å². The zero-order valence-corrected chi connectivity index (χ0v) is 12.3. The van der Waals surface area contributed by atoms with Crippen LogP contribution >= 0.6 is 11.6 Å². The van der Waals surface area contributed by atoms with Gasteiger partial charge >= 0.3 is 0 Å². The zero-order valence-electron chi connectivity index (χ0n) is 11.5. The summed E-state index contributed by atoms with van der Waals surface area (Å²) in [5.41, 5.74) is 1.87. The van der Waals surface area contributed by atoms with Crippen molar-refractivity contribution in [3.8, 4) is 11.5 Å². The lowest BCUT2D eigenvalue weighted by atomic mass is 9.94. The molecule has 1 atom stereocenters. The molecular weight excluding hydrogens is 291 g/mol. The quantitative estimate of drug-likeness (QED) is 0.774. The van der Waals surface area contributed by atoms with Crippen molar-refractivity contribution < 1.29 is 13.9 Å². The molecule has 0 spiro atoms. The van der Waals surface area contributed by atoms with E-state index in [1.807, 2.05) is 24.3 Å². The Morgan fingerprint density at radius 2 is 2.10 bits per heavy atom. The molecule has 2 aromatic rings. The molecule has 2 nitrogen and oxygen atoms in total. The maximum Gasteiger partial charge on any atom is 0.165 e. The molecule has 1 heterocycles. The van der Waals surface area contributed by atoms with Gasteiger partial charge in [0.2, 0.25) is 0 Å². The number of alkyl halides is 1. The van der Waals surface area contributed by atoms with Gasteiger partial charge in [0.25, 0.3) is 0 Å². The predicted molar refractivity (Wildman–Crippen MR) is 80.7 cm³/mol. The van der Waals surface area contributed by atoms with Crippen LogP contribution in [0.4, 0.5) is 4.39 Å². The fourth-order valence-electron chi connectivity index (χ4n) is 2.52. The number of para-hydroxylation sites is 1. The Bertz CT molecular complexity index is 630. The van der Waals surface area contributed by atoms with E-state index >= 15 is 0 Å². The third-order valence-corrected chi connectivity index (χ3v) is 3.98. The van der Waals surface area contributed by atoms with Crippen LogP contribution in [0.25, 0.3) is 0 Å². The van der Waals surface area contributed by atoms with Crippen molar-refractivity contribution in [1.29, 1.82) is 0 Å². The Kier molecular flexibility index (Phi) is 4.30. The van der Waals surface area contributed by atoms with Crippen LogP contribution in [0.2, 0.25) is 0 Å². The monoisotopic (exact) mass is 306 g/mol. The number of hydrogen-bond donors (Lipinski definition) is 0. The van der Waals surface area contributed by atoms with Gasteiger partial charge in [-0.2, -0.15) is 0 Å². The van der Waals surface area contributed by atoms with E-state index < -0.39 is 0 Å². The van der Waals surface area contributed by atoms with Gasteiger partial charge in [-0.15, -0.1) is 11.6 Å². The number of fused-ring (bicyclic) bond motifs is 1. The van der Waals surface area contributed by atoms with Crippen LogP contribution in [-0.4, -0.2) is 13.2 Å². The van der Waals surface area contributed by atoms with Gasteiger partial charge in [0.05, 0.1) is 13.2 Å². The number of ether oxygens (including phenoxy) is 2. The molecule has 4 heteroatoms. The summed E-state index contributed by atoms with van der Waals surface area (Å²) in [7, 11) is 0. The van der Waals surface area contributed by atoms with Gasteiger partial charge in [-0.25, -0.2) is 4.39 Å². The summed E-state index contributed by atoms with van der Waals surface area (Å²) in [6.07, 6.45) is 0.873. The van der Waals surface area contributed by atoms with Gasteiger partial charge in [-0.3, -0.25) is 0 Å². The van der Waals surface area contributed by atoms with Crippen LogP contribution in [0.3, 0.4) is 0 Å². The maximum atomic E-state index is 13.9. The SMILES string of the molecule is Fc1cc(CCl)ccc1OCC1CCOc2ccccc21. The molecule has 1 aliphatic rings. The molecule has 1 unspecified atom stereocenters. The molecule has 2 aromatic carbocycles. The highest BCUT2D eigenvalue weighted by Crippen LogP contribution is 2.34. The first kappa shape index (κ1) is 14.2. The fourth-order valence-corrected chi connectivity index (χ4v) is 2.69. The number of benzene rings is 2. The second kappa shape index (κ2) is 6.35. The van der Waals surface area contributed by atoms with Crippen LogP contribution in [0, 0.1) is 5.82 Å². The second-order valence-corrected chi connectivity index (χ2v) is 5.35. The maximum absolute atomic E-state index is 13.9. The van der Waals surface area contributed by atoms with Gasteiger partial charge in [0.15, 0.2) is 11.6 Å². The minimum Gasteiger partial charge on any atom is -0.493 e. The van der Waals surface area contributed by atoms with E-state index in [1.165, 1.54) is 6.07 Å². The van der Waals surface area contributed by atoms with Crippen molar-refractivity contribution in [3.05, 3.63) is 59.4 Å². The van der Waals surface area contributed by atoms with E-state index in [-0.39, 0.29) is 17.5 Å². The van der Waals surface area contributed by atoms with Crippen molar-refractivity contribution in [2.75, 3.05) is 13.2 Å². The summed E-state index contributed by atoms with van der Waals surface area (Å²) < 4.78 is 25.2. The molecule has 0 saturated heterocycles. The largest absolute Gasteiger partial charge is 0.493 e. The highest BCUT2D eigenvalue weighted by Gasteiger charge is 2.22. The lowest BCUT2D eigenvalue weighted by molar-refractivity contribution is 0.213. The Balaban J connectivity index is 1.71. The minimum atomic E-state index is -0.367. The van der Waals surface area contributed by atoms with Gasteiger partial charge in [0.1, 0.15) is 5.75 Å². The summed E-state index contributed by atoms with van der Waals surface area (Å²) in [6, 6.07) is 12.8. The molecule has 0 N–H and O–H groups in total. The third kappa shape index (κ3) is 3.13. The summed E-state index contributed by atoms with van der Waals surface area (Å²) in [5, 5.41) is 0. The first-order valence-corrected chi connectivity index (χ1v) is 7.50. The lowest BCUT2D eigenvalue weighted by Crippen LogP contribution is -2.19. The van der Waals surface area contributed by atoms with E-state index in [0.29, 0.717) is 19.1 Å². The molecule has 0 bridgehead atoms. The third-order valence-electron chi connectivity index (χ3n) is 3.67. The normalized spacial score (nSPS) is 17.0.